The van der Waals surface area contributed by atoms with Crippen molar-refractivity contribution in [3.05, 3.63) is 45.8 Å². The first-order valence-electron chi connectivity index (χ1n) is 5.13. The van der Waals surface area contributed by atoms with Gasteiger partial charge in [-0.05, 0) is 6.07 Å². The third kappa shape index (κ3) is 2.19. The Hall–Kier alpha value is -3.23. The van der Waals surface area contributed by atoms with Crippen LogP contribution in [-0.2, 0) is 0 Å². The van der Waals surface area contributed by atoms with Crippen LogP contribution < -0.4 is 0 Å². The first kappa shape index (κ1) is 13.2. The van der Waals surface area contributed by atoms with E-state index in [2.05, 4.69) is 4.98 Å². The van der Waals surface area contributed by atoms with Crippen molar-refractivity contribution in [2.75, 3.05) is 0 Å². The average molecular weight is 278 g/mol. The van der Waals surface area contributed by atoms with E-state index < -0.39 is 34.2 Å². The Morgan fingerprint density at radius 2 is 1.85 bits per heavy atom. The van der Waals surface area contributed by atoms with Crippen LogP contribution in [0.4, 0.5) is 5.69 Å². The molecule has 1 aromatic carbocycles. The molecular formula is C11H6N2O7. The van der Waals surface area contributed by atoms with E-state index in [-0.39, 0.29) is 11.3 Å². The van der Waals surface area contributed by atoms with E-state index >= 15 is 0 Å². The molecule has 2 N–H and O–H groups in total. The van der Waals surface area contributed by atoms with Gasteiger partial charge in [0.05, 0.1) is 4.92 Å². The summed E-state index contributed by atoms with van der Waals surface area (Å²) in [5.74, 6) is -4.55. The van der Waals surface area contributed by atoms with Crippen LogP contribution in [0.3, 0.4) is 0 Å². The Morgan fingerprint density at radius 1 is 1.20 bits per heavy atom. The zero-order valence-electron chi connectivity index (χ0n) is 9.64. The van der Waals surface area contributed by atoms with Crippen molar-refractivity contribution in [3.63, 3.8) is 0 Å². The van der Waals surface area contributed by atoms with Gasteiger partial charge < -0.3 is 14.6 Å². The summed E-state index contributed by atoms with van der Waals surface area (Å²) in [6.45, 7) is 0. The van der Waals surface area contributed by atoms with Crippen LogP contribution in [0, 0.1) is 10.1 Å². The van der Waals surface area contributed by atoms with Crippen molar-refractivity contribution in [1.82, 2.24) is 4.98 Å². The van der Waals surface area contributed by atoms with E-state index in [1.165, 1.54) is 24.3 Å². The minimum Gasteiger partial charge on any atom is -0.476 e. The molecule has 20 heavy (non-hydrogen) atoms. The lowest BCUT2D eigenvalue weighted by atomic mass is 10.2. The zero-order chi connectivity index (χ0) is 14.9. The Kier molecular flexibility index (Phi) is 3.17. The minimum atomic E-state index is -1.63. The number of oxazole rings is 1. The number of nitro groups is 1. The molecule has 1 heterocycles. The summed E-state index contributed by atoms with van der Waals surface area (Å²) in [4.78, 5) is 35.4. The molecule has 9 heteroatoms. The number of hydrogen-bond donors (Lipinski definition) is 2. The number of nitro benzene ring substituents is 1. The van der Waals surface area contributed by atoms with Crippen molar-refractivity contribution in [2.45, 2.75) is 0 Å². The van der Waals surface area contributed by atoms with Crippen molar-refractivity contribution >= 4 is 17.6 Å². The fourth-order valence-corrected chi connectivity index (χ4v) is 1.54. The Bertz CT molecular complexity index is 688. The molecule has 0 radical (unpaired) electrons. The van der Waals surface area contributed by atoms with Gasteiger partial charge in [0.1, 0.15) is 5.56 Å². The molecule has 0 atom stereocenters. The number of nitrogens with zero attached hydrogens (tertiary/aromatic N) is 2. The Balaban J connectivity index is 2.66. The van der Waals surface area contributed by atoms with E-state index in [0.717, 1.165) is 0 Å². The van der Waals surface area contributed by atoms with Crippen LogP contribution in [0.1, 0.15) is 21.0 Å². The summed E-state index contributed by atoms with van der Waals surface area (Å²) in [7, 11) is 0. The molecule has 0 unspecified atom stereocenters. The van der Waals surface area contributed by atoms with Gasteiger partial charge in [-0.2, -0.15) is 0 Å². The lowest BCUT2D eigenvalue weighted by molar-refractivity contribution is -0.384. The lowest BCUT2D eigenvalue weighted by Gasteiger charge is -1.97. The van der Waals surface area contributed by atoms with Crippen molar-refractivity contribution in [2.24, 2.45) is 0 Å². The van der Waals surface area contributed by atoms with Crippen LogP contribution in [0.2, 0.25) is 0 Å². The van der Waals surface area contributed by atoms with Crippen LogP contribution in [0.5, 0.6) is 0 Å². The second-order valence-corrected chi connectivity index (χ2v) is 3.58. The minimum absolute atomic E-state index is 0.104. The third-order valence-corrected chi connectivity index (χ3v) is 2.36. The van der Waals surface area contributed by atoms with Crippen molar-refractivity contribution < 1.29 is 29.1 Å². The molecule has 0 spiro atoms. The average Bonchev–Trinajstić information content (AvgIpc) is 2.83. The van der Waals surface area contributed by atoms with Gasteiger partial charge in [0.25, 0.3) is 5.69 Å². The number of rotatable bonds is 4. The molecule has 0 saturated heterocycles. The maximum atomic E-state index is 10.9. The largest absolute Gasteiger partial charge is 0.476 e. The number of hydrogen-bond acceptors (Lipinski definition) is 6. The first-order chi connectivity index (χ1) is 9.41. The first-order valence-corrected chi connectivity index (χ1v) is 5.13. The van der Waals surface area contributed by atoms with Gasteiger partial charge >= 0.3 is 11.9 Å². The highest BCUT2D eigenvalue weighted by Gasteiger charge is 2.28. The van der Waals surface area contributed by atoms with Crippen LogP contribution in [0.15, 0.2) is 28.7 Å². The van der Waals surface area contributed by atoms with Gasteiger partial charge in [-0.1, -0.05) is 12.1 Å². The normalized spacial score (nSPS) is 10.2. The Labute approximate surface area is 110 Å². The number of aromatic carboxylic acids is 2. The summed E-state index contributed by atoms with van der Waals surface area (Å²) in [6, 6.07) is 5.30. The number of carbonyl (C=O) groups is 2. The van der Waals surface area contributed by atoms with E-state index in [4.69, 9.17) is 14.6 Å². The monoisotopic (exact) mass is 278 g/mol. The van der Waals surface area contributed by atoms with Crippen LogP contribution in [-0.4, -0.2) is 32.1 Å². The third-order valence-electron chi connectivity index (χ3n) is 2.36. The van der Waals surface area contributed by atoms with E-state index in [9.17, 15) is 19.7 Å². The highest BCUT2D eigenvalue weighted by Crippen LogP contribution is 2.30. The fourth-order valence-electron chi connectivity index (χ4n) is 1.54. The molecular weight excluding hydrogens is 272 g/mol. The van der Waals surface area contributed by atoms with Crippen molar-refractivity contribution in [3.8, 4) is 11.5 Å². The number of carboxylic acid groups (broad SMARTS) is 2. The van der Waals surface area contributed by atoms with Gasteiger partial charge in [0, 0.05) is 6.07 Å². The SMILES string of the molecule is O=C(O)c1nc(-c2ccccc2[N+](=O)[O-])oc1C(=O)O. The second-order valence-electron chi connectivity index (χ2n) is 3.58. The summed E-state index contributed by atoms with van der Waals surface area (Å²) in [5.41, 5.74) is -1.29. The topological polar surface area (TPSA) is 144 Å². The smallest absolute Gasteiger partial charge is 0.374 e. The predicted octanol–water partition coefficient (Wildman–Crippen LogP) is 1.65. The van der Waals surface area contributed by atoms with Crippen molar-refractivity contribution in [1.29, 1.82) is 0 Å². The quantitative estimate of drug-likeness (QED) is 0.634. The Morgan fingerprint density at radius 3 is 2.35 bits per heavy atom. The van der Waals surface area contributed by atoms with Gasteiger partial charge in [0.2, 0.25) is 17.3 Å². The maximum absolute atomic E-state index is 10.9. The maximum Gasteiger partial charge on any atom is 0.374 e. The molecule has 102 valence electrons. The zero-order valence-corrected chi connectivity index (χ0v) is 9.64. The van der Waals surface area contributed by atoms with Gasteiger partial charge in [-0.25, -0.2) is 14.6 Å². The molecule has 0 bridgehead atoms. The van der Waals surface area contributed by atoms with Crippen LogP contribution in [0.25, 0.3) is 11.5 Å². The summed E-state index contributed by atoms with van der Waals surface area (Å²) < 4.78 is 4.82. The number of aromatic nitrogens is 1. The second kappa shape index (κ2) is 4.80. The number of carboxylic acids is 2. The summed E-state index contributed by atoms with van der Waals surface area (Å²) in [5, 5.41) is 28.5. The molecule has 2 rings (SSSR count). The molecule has 0 fully saturated rings. The van der Waals surface area contributed by atoms with E-state index in [0.29, 0.717) is 0 Å². The van der Waals surface area contributed by atoms with Gasteiger partial charge in [-0.15, -0.1) is 0 Å². The van der Waals surface area contributed by atoms with Crippen LogP contribution >= 0.6 is 0 Å². The molecule has 0 amide bonds. The summed E-state index contributed by atoms with van der Waals surface area (Å²) in [6.07, 6.45) is 0. The van der Waals surface area contributed by atoms with Gasteiger partial charge in [-0.3, -0.25) is 10.1 Å². The fraction of sp³-hybridized carbons (Fsp3) is 0. The molecule has 0 aliphatic carbocycles. The number of benzene rings is 1. The molecule has 0 saturated carbocycles. The standard InChI is InChI=1S/C11H6N2O7/c14-10(15)7-8(11(16)17)20-9(12-7)5-3-1-2-4-6(5)13(18)19/h1-4H,(H,14,15)(H,16,17). The van der Waals surface area contributed by atoms with E-state index in [1.807, 2.05) is 0 Å². The lowest BCUT2D eigenvalue weighted by Crippen LogP contribution is -2.05. The molecule has 9 nitrogen and oxygen atoms in total. The molecule has 0 aliphatic heterocycles. The highest BCUT2D eigenvalue weighted by atomic mass is 16.6. The highest BCUT2D eigenvalue weighted by molar-refractivity contribution is 5.98. The van der Waals surface area contributed by atoms with Gasteiger partial charge in [0.15, 0.2) is 0 Å². The van der Waals surface area contributed by atoms with E-state index in [1.54, 1.807) is 0 Å². The predicted molar refractivity (Wildman–Crippen MR) is 62.5 cm³/mol. The molecule has 2 aromatic rings. The summed E-state index contributed by atoms with van der Waals surface area (Å²) >= 11 is 0. The number of para-hydroxylation sites is 1. The molecule has 0 aliphatic rings. The molecule has 1 aromatic heterocycles.